The van der Waals surface area contributed by atoms with Gasteiger partial charge in [0.15, 0.2) is 4.96 Å². The Bertz CT molecular complexity index is 667. The Kier molecular flexibility index (Phi) is 3.06. The van der Waals surface area contributed by atoms with Crippen molar-refractivity contribution >= 4 is 28.1 Å². The summed E-state index contributed by atoms with van der Waals surface area (Å²) in [5.41, 5.74) is 1.14. The summed E-state index contributed by atoms with van der Waals surface area (Å²) in [5, 5.41) is 13.8. The second-order valence-corrected chi connectivity index (χ2v) is 5.58. The maximum Gasteiger partial charge on any atom is 0.214 e. The fourth-order valence-electron chi connectivity index (χ4n) is 1.68. The fourth-order valence-corrected chi connectivity index (χ4v) is 3.33. The largest absolute Gasteiger partial charge is 0.314 e. The zero-order valence-electron chi connectivity index (χ0n) is 9.97. The summed E-state index contributed by atoms with van der Waals surface area (Å²) in [4.78, 5) is 9.89. The highest BCUT2D eigenvalue weighted by Gasteiger charge is 2.15. The van der Waals surface area contributed by atoms with Gasteiger partial charge in [0.1, 0.15) is 10.9 Å². The van der Waals surface area contributed by atoms with E-state index in [4.69, 9.17) is 0 Å². The van der Waals surface area contributed by atoms with E-state index in [0.29, 0.717) is 5.16 Å². The van der Waals surface area contributed by atoms with Crippen molar-refractivity contribution in [1.82, 2.24) is 29.9 Å². The van der Waals surface area contributed by atoms with Crippen molar-refractivity contribution in [1.29, 1.82) is 0 Å². The van der Waals surface area contributed by atoms with Gasteiger partial charge in [-0.2, -0.15) is 0 Å². The normalized spacial score (nSPS) is 11.4. The Morgan fingerprint density at radius 1 is 1.50 bits per heavy atom. The topological polar surface area (TPSA) is 70.9 Å². The van der Waals surface area contributed by atoms with Crippen LogP contribution in [0.3, 0.4) is 0 Å². The molecule has 6 nitrogen and oxygen atoms in total. The average Bonchev–Trinajstić information content (AvgIpc) is 3.00. The summed E-state index contributed by atoms with van der Waals surface area (Å²) in [6.45, 7) is 2.65. The summed E-state index contributed by atoms with van der Waals surface area (Å²) in [6, 6.07) is 0. The molecule has 0 bridgehead atoms. The SMILES string of the molecule is CNCc1c(Sc2n[nH]c(C)n2)nc2sccn12. The number of H-pyrrole nitrogens is 1. The maximum atomic E-state index is 4.61. The highest BCUT2D eigenvalue weighted by atomic mass is 32.2. The van der Waals surface area contributed by atoms with Crippen molar-refractivity contribution in [2.75, 3.05) is 7.05 Å². The van der Waals surface area contributed by atoms with Crippen LogP contribution < -0.4 is 5.32 Å². The van der Waals surface area contributed by atoms with Crippen LogP contribution >= 0.6 is 23.1 Å². The first-order valence-electron chi connectivity index (χ1n) is 5.44. The number of nitrogens with zero attached hydrogens (tertiary/aromatic N) is 4. The van der Waals surface area contributed by atoms with Crippen molar-refractivity contribution in [2.45, 2.75) is 23.7 Å². The summed E-state index contributed by atoms with van der Waals surface area (Å²) >= 11 is 3.11. The van der Waals surface area contributed by atoms with Gasteiger partial charge in [-0.1, -0.05) is 0 Å². The minimum atomic E-state index is 0.704. The summed E-state index contributed by atoms with van der Waals surface area (Å²) < 4.78 is 2.10. The minimum absolute atomic E-state index is 0.704. The van der Waals surface area contributed by atoms with Crippen LogP contribution in [0, 0.1) is 6.92 Å². The quantitative estimate of drug-likeness (QED) is 0.761. The molecule has 3 rings (SSSR count). The molecule has 94 valence electrons. The maximum absolute atomic E-state index is 4.61. The van der Waals surface area contributed by atoms with E-state index in [0.717, 1.165) is 28.0 Å². The number of thiazole rings is 1. The third kappa shape index (κ3) is 2.02. The molecule has 8 heteroatoms. The molecule has 0 amide bonds. The molecular weight excluding hydrogens is 268 g/mol. The zero-order valence-corrected chi connectivity index (χ0v) is 11.6. The van der Waals surface area contributed by atoms with E-state index < -0.39 is 0 Å². The average molecular weight is 280 g/mol. The number of aromatic nitrogens is 5. The van der Waals surface area contributed by atoms with Gasteiger partial charge in [0, 0.05) is 18.1 Å². The van der Waals surface area contributed by atoms with Gasteiger partial charge in [-0.05, 0) is 25.7 Å². The van der Waals surface area contributed by atoms with Crippen LogP contribution in [0.15, 0.2) is 21.8 Å². The third-order valence-electron chi connectivity index (χ3n) is 2.43. The van der Waals surface area contributed by atoms with Crippen LogP contribution in [0.1, 0.15) is 11.5 Å². The van der Waals surface area contributed by atoms with Crippen LogP contribution in [0.4, 0.5) is 0 Å². The van der Waals surface area contributed by atoms with Crippen LogP contribution in [0.2, 0.25) is 0 Å². The first-order valence-corrected chi connectivity index (χ1v) is 7.13. The summed E-state index contributed by atoms with van der Waals surface area (Å²) in [5.74, 6) is 0.814. The molecule has 0 saturated carbocycles. The van der Waals surface area contributed by atoms with Gasteiger partial charge >= 0.3 is 0 Å². The first-order chi connectivity index (χ1) is 8.78. The molecule has 0 atom stereocenters. The van der Waals surface area contributed by atoms with Crippen molar-refractivity contribution in [3.05, 3.63) is 23.1 Å². The van der Waals surface area contributed by atoms with Gasteiger partial charge in [0.2, 0.25) is 5.16 Å². The second kappa shape index (κ2) is 4.71. The van der Waals surface area contributed by atoms with E-state index in [1.807, 2.05) is 25.5 Å². The molecule has 0 radical (unpaired) electrons. The van der Waals surface area contributed by atoms with Crippen molar-refractivity contribution < 1.29 is 0 Å². The molecule has 3 aromatic heterocycles. The number of fused-ring (bicyclic) bond motifs is 1. The Labute approximate surface area is 112 Å². The van der Waals surface area contributed by atoms with E-state index in [-0.39, 0.29) is 0 Å². The lowest BCUT2D eigenvalue weighted by atomic mass is 10.5. The van der Waals surface area contributed by atoms with Gasteiger partial charge in [-0.3, -0.25) is 9.50 Å². The lowest BCUT2D eigenvalue weighted by molar-refractivity contribution is 0.764. The molecular formula is C10H12N6S2. The molecule has 0 aliphatic carbocycles. The Morgan fingerprint density at radius 2 is 2.39 bits per heavy atom. The zero-order chi connectivity index (χ0) is 12.5. The molecule has 0 fully saturated rings. The molecule has 3 heterocycles. The minimum Gasteiger partial charge on any atom is -0.314 e. The Hall–Kier alpha value is -1.38. The van der Waals surface area contributed by atoms with Gasteiger partial charge in [-0.25, -0.2) is 9.97 Å². The van der Waals surface area contributed by atoms with Crippen LogP contribution in [0.25, 0.3) is 4.96 Å². The van der Waals surface area contributed by atoms with Crippen molar-refractivity contribution in [2.24, 2.45) is 0 Å². The van der Waals surface area contributed by atoms with Gasteiger partial charge in [0.05, 0.1) is 5.69 Å². The van der Waals surface area contributed by atoms with Crippen molar-refractivity contribution in [3.63, 3.8) is 0 Å². The summed E-state index contributed by atoms with van der Waals surface area (Å²) in [6.07, 6.45) is 2.03. The first kappa shape index (κ1) is 11.7. The van der Waals surface area contributed by atoms with Gasteiger partial charge < -0.3 is 5.32 Å². The van der Waals surface area contributed by atoms with E-state index >= 15 is 0 Å². The van der Waals surface area contributed by atoms with Gasteiger partial charge in [-0.15, -0.1) is 16.4 Å². The number of rotatable bonds is 4. The number of aryl methyl sites for hydroxylation is 1. The predicted octanol–water partition coefficient (Wildman–Crippen LogP) is 1.69. The Balaban J connectivity index is 1.99. The van der Waals surface area contributed by atoms with E-state index in [9.17, 15) is 0 Å². The fraction of sp³-hybridized carbons (Fsp3) is 0.300. The Morgan fingerprint density at radius 3 is 3.11 bits per heavy atom. The smallest absolute Gasteiger partial charge is 0.214 e. The van der Waals surface area contributed by atoms with Crippen LogP contribution in [-0.4, -0.2) is 31.6 Å². The summed E-state index contributed by atoms with van der Waals surface area (Å²) in [7, 11) is 1.93. The van der Waals surface area contributed by atoms with Crippen LogP contribution in [-0.2, 0) is 6.54 Å². The molecule has 0 aliphatic heterocycles. The molecule has 0 spiro atoms. The lowest BCUT2D eigenvalue weighted by Crippen LogP contribution is -2.08. The lowest BCUT2D eigenvalue weighted by Gasteiger charge is -2.00. The number of aromatic amines is 1. The predicted molar refractivity (Wildman–Crippen MR) is 71.1 cm³/mol. The standard InChI is InChI=1S/C10H12N6S2/c1-6-12-9(15-14-6)18-8-7(5-11-2)16-3-4-17-10(16)13-8/h3-4,11H,5H2,1-2H3,(H,12,14,15). The molecule has 2 N–H and O–H groups in total. The van der Waals surface area contributed by atoms with Gasteiger partial charge in [0.25, 0.3) is 0 Å². The molecule has 0 unspecified atom stereocenters. The number of imidazole rings is 1. The third-order valence-corrected chi connectivity index (χ3v) is 4.08. The van der Waals surface area contributed by atoms with Crippen molar-refractivity contribution in [3.8, 4) is 0 Å². The molecule has 0 saturated heterocycles. The highest BCUT2D eigenvalue weighted by molar-refractivity contribution is 7.99. The number of hydrogen-bond donors (Lipinski definition) is 2. The second-order valence-electron chi connectivity index (χ2n) is 3.76. The molecule has 3 aromatic rings. The number of nitrogens with one attached hydrogen (secondary N) is 2. The van der Waals surface area contributed by atoms with E-state index in [1.165, 1.54) is 11.8 Å². The molecule has 0 aliphatic rings. The van der Waals surface area contributed by atoms with Crippen LogP contribution in [0.5, 0.6) is 0 Å². The van der Waals surface area contributed by atoms with E-state index in [1.54, 1.807) is 11.3 Å². The van der Waals surface area contributed by atoms with E-state index in [2.05, 4.69) is 29.9 Å². The number of hydrogen-bond acceptors (Lipinski definition) is 6. The monoisotopic (exact) mass is 280 g/mol. The molecule has 0 aromatic carbocycles. The highest BCUT2D eigenvalue weighted by Crippen LogP contribution is 2.29. The molecule has 18 heavy (non-hydrogen) atoms.